The highest BCUT2D eigenvalue weighted by Gasteiger charge is 2.43. The van der Waals surface area contributed by atoms with Crippen molar-refractivity contribution in [3.8, 4) is 11.5 Å². The molecule has 2 aromatic rings. The highest BCUT2D eigenvalue weighted by molar-refractivity contribution is 5.80. The van der Waals surface area contributed by atoms with Gasteiger partial charge in [-0.1, -0.05) is 32.3 Å². The van der Waals surface area contributed by atoms with E-state index in [-0.39, 0.29) is 36.2 Å². The van der Waals surface area contributed by atoms with Crippen LogP contribution in [0.25, 0.3) is 0 Å². The van der Waals surface area contributed by atoms with Crippen LogP contribution in [0.15, 0.2) is 35.5 Å². The van der Waals surface area contributed by atoms with E-state index in [0.717, 1.165) is 56.1 Å². The summed E-state index contributed by atoms with van der Waals surface area (Å²) < 4.78 is 12.0. The normalized spacial score (nSPS) is 19.2. The third-order valence-corrected chi connectivity index (χ3v) is 9.70. The number of rotatable bonds is 19. The van der Waals surface area contributed by atoms with E-state index >= 15 is 0 Å². The van der Waals surface area contributed by atoms with E-state index in [4.69, 9.17) is 26.7 Å². The zero-order valence-electron chi connectivity index (χ0n) is 29.2. The van der Waals surface area contributed by atoms with Gasteiger partial charge in [0.05, 0.1) is 12.2 Å². The number of benzene rings is 1. The molecular weight excluding hydrogens is 624 g/mol. The van der Waals surface area contributed by atoms with Crippen molar-refractivity contribution >= 4 is 23.7 Å². The van der Waals surface area contributed by atoms with Crippen molar-refractivity contribution in [1.82, 2.24) is 9.88 Å². The molecule has 2 fully saturated rings. The summed E-state index contributed by atoms with van der Waals surface area (Å²) in [5.74, 6) is 0.446. The number of ether oxygens (including phenoxy) is 2. The zero-order valence-corrected chi connectivity index (χ0v) is 29.2. The summed E-state index contributed by atoms with van der Waals surface area (Å²) in [5.41, 5.74) is 19.2. The molecule has 1 saturated heterocycles. The van der Waals surface area contributed by atoms with Crippen molar-refractivity contribution in [2.45, 2.75) is 129 Å². The van der Waals surface area contributed by atoms with Crippen molar-refractivity contribution in [3.63, 3.8) is 0 Å². The first-order valence-electron chi connectivity index (χ1n) is 17.9. The summed E-state index contributed by atoms with van der Waals surface area (Å²) >= 11 is 0. The number of aromatic nitrogens is 1. The Hall–Kier alpha value is -4.06. The maximum atomic E-state index is 13.6. The molecule has 1 amide bonds. The first-order valence-corrected chi connectivity index (χ1v) is 17.9. The number of pyridine rings is 1. The molecule has 3 unspecified atom stereocenters. The van der Waals surface area contributed by atoms with E-state index in [0.29, 0.717) is 75.2 Å². The van der Waals surface area contributed by atoms with Crippen molar-refractivity contribution in [2.75, 3.05) is 18.8 Å². The number of likely N-dealkylation sites (tertiary alicyclic amines) is 1. The number of phenols is 1. The number of nitrogen functional groups attached to an aromatic ring is 1. The molecule has 12 heteroatoms. The van der Waals surface area contributed by atoms with Gasteiger partial charge in [0, 0.05) is 56.6 Å². The molecule has 49 heavy (non-hydrogen) atoms. The van der Waals surface area contributed by atoms with Crippen molar-refractivity contribution in [1.29, 1.82) is 0 Å². The third kappa shape index (κ3) is 11.8. The molecule has 0 bridgehead atoms. The largest absolute Gasteiger partial charge is 0.504 e. The maximum absolute atomic E-state index is 13.6. The fraction of sp³-hybridized carbons (Fsp3) is 0.622. The first kappa shape index (κ1) is 37.8. The van der Waals surface area contributed by atoms with Crippen LogP contribution in [0.5, 0.6) is 11.5 Å². The lowest BCUT2D eigenvalue weighted by atomic mass is 9.78. The van der Waals surface area contributed by atoms with Crippen LogP contribution in [0.2, 0.25) is 0 Å². The summed E-state index contributed by atoms with van der Waals surface area (Å²) in [4.78, 5) is 35.7. The Morgan fingerprint density at radius 3 is 2.63 bits per heavy atom. The van der Waals surface area contributed by atoms with Crippen LogP contribution in [0.4, 0.5) is 5.82 Å². The molecule has 4 rings (SSSR count). The molecule has 0 radical (unpaired) electrons. The Balaban J connectivity index is 1.56. The Morgan fingerprint density at radius 1 is 1.16 bits per heavy atom. The Morgan fingerprint density at radius 2 is 1.94 bits per heavy atom. The Bertz CT molecular complexity index is 1430. The number of hydrogen-bond donors (Lipinski definition) is 5. The minimum Gasteiger partial charge on any atom is -0.504 e. The number of aliphatic imine (C=N–C) groups is 1. The van der Waals surface area contributed by atoms with E-state index in [1.165, 1.54) is 6.92 Å². The number of aryl methyl sites for hydroxylation is 1. The van der Waals surface area contributed by atoms with Gasteiger partial charge in [-0.2, -0.15) is 0 Å². The zero-order chi connectivity index (χ0) is 35.4. The van der Waals surface area contributed by atoms with Crippen LogP contribution in [0.1, 0.15) is 108 Å². The molecule has 1 aliphatic heterocycles. The topological polar surface area (TPSA) is 200 Å². The Labute approximate surface area is 290 Å². The number of guanidine groups is 1. The molecule has 1 saturated carbocycles. The number of carbonyl (C=O) groups excluding carboxylic acids is 2. The molecule has 2 aliphatic rings. The van der Waals surface area contributed by atoms with Gasteiger partial charge in [0.2, 0.25) is 5.91 Å². The van der Waals surface area contributed by atoms with Crippen LogP contribution < -0.4 is 21.9 Å². The molecule has 2 heterocycles. The number of carbonyl (C=O) groups is 2. The second-order valence-corrected chi connectivity index (χ2v) is 14.0. The highest BCUT2D eigenvalue weighted by Crippen LogP contribution is 2.42. The molecule has 3 atom stereocenters. The average molecular weight is 681 g/mol. The number of esters is 1. The second-order valence-electron chi connectivity index (χ2n) is 14.0. The summed E-state index contributed by atoms with van der Waals surface area (Å²) in [6.45, 7) is 4.53. The number of nitrogens with two attached hydrogens (primary N) is 3. The summed E-state index contributed by atoms with van der Waals surface area (Å²) in [7, 11) is 0. The smallest absolute Gasteiger partial charge is 0.302 e. The van der Waals surface area contributed by atoms with Gasteiger partial charge in [0.1, 0.15) is 11.9 Å². The van der Waals surface area contributed by atoms with Gasteiger partial charge >= 0.3 is 5.97 Å². The van der Waals surface area contributed by atoms with Crippen LogP contribution in [-0.4, -0.2) is 69.3 Å². The fourth-order valence-corrected chi connectivity index (χ4v) is 7.27. The molecule has 1 aromatic carbocycles. The number of aliphatic hydroxyl groups is 1. The predicted octanol–water partition coefficient (Wildman–Crippen LogP) is 4.51. The van der Waals surface area contributed by atoms with Gasteiger partial charge in [-0.3, -0.25) is 14.6 Å². The van der Waals surface area contributed by atoms with E-state index < -0.39 is 17.6 Å². The molecular formula is C37H56N6O6. The highest BCUT2D eigenvalue weighted by atomic mass is 16.5. The minimum absolute atomic E-state index is 0.00274. The minimum atomic E-state index is -0.551. The molecule has 1 aromatic heterocycles. The number of aromatic hydroxyl groups is 1. The Kier molecular flexibility index (Phi) is 13.9. The number of phenolic OH excluding ortho intramolecular Hbond substituents is 1. The molecule has 12 nitrogen and oxygen atoms in total. The van der Waals surface area contributed by atoms with Gasteiger partial charge in [0.25, 0.3) is 0 Å². The number of unbranched alkanes of at least 4 members (excludes halogenated alkanes) is 2. The molecule has 1 aliphatic carbocycles. The van der Waals surface area contributed by atoms with E-state index in [1.54, 1.807) is 11.1 Å². The van der Waals surface area contributed by atoms with Crippen LogP contribution in [0, 0.1) is 5.41 Å². The fourth-order valence-electron chi connectivity index (χ4n) is 7.27. The van der Waals surface area contributed by atoms with E-state index in [1.807, 2.05) is 24.3 Å². The van der Waals surface area contributed by atoms with E-state index in [9.17, 15) is 19.8 Å². The maximum Gasteiger partial charge on any atom is 0.302 e. The van der Waals surface area contributed by atoms with Crippen LogP contribution >= 0.6 is 0 Å². The van der Waals surface area contributed by atoms with Crippen LogP contribution in [-0.2, 0) is 33.7 Å². The quantitative estimate of drug-likeness (QED) is 0.0609. The summed E-state index contributed by atoms with van der Waals surface area (Å²) in [5, 5.41) is 22.1. The molecule has 0 spiro atoms. The SMILES string of the molecule is CCCCCC(O)CC(CCc1cc(CN2CC(CCN=C(N)N)(Cc3ccnc(N)c3)CC2=O)c(O)c(OC2CCCC2)c1)OC(C)=O. The van der Waals surface area contributed by atoms with Crippen molar-refractivity contribution in [3.05, 3.63) is 47.2 Å². The van der Waals surface area contributed by atoms with Gasteiger partial charge in [0.15, 0.2) is 17.5 Å². The summed E-state index contributed by atoms with van der Waals surface area (Å²) in [6.07, 6.45) is 11.3. The standard InChI is InChI=1S/C37H56N6O6/c1-3-4-5-8-29(45)20-31(48-25(2)44)12-11-26-17-28(35(47)32(18-26)49-30-9-6-7-10-30)23-43-24-37(22-34(43)46,14-16-42-36(39)40)21-27-13-15-41-33(38)19-27/h13,15,17-19,29-31,45,47H,3-12,14,16,20-24H2,1-2H3,(H2,38,41)(H4,39,40,42). The monoisotopic (exact) mass is 680 g/mol. The van der Waals surface area contributed by atoms with Gasteiger partial charge < -0.3 is 41.8 Å². The lowest BCUT2D eigenvalue weighted by molar-refractivity contribution is -0.148. The number of hydrogen-bond acceptors (Lipinski definition) is 9. The lowest BCUT2D eigenvalue weighted by Gasteiger charge is -2.29. The average Bonchev–Trinajstić information content (AvgIpc) is 3.65. The number of nitrogens with zero attached hydrogens (tertiary/aromatic N) is 3. The molecule has 270 valence electrons. The van der Waals surface area contributed by atoms with Gasteiger partial charge in [-0.05, 0) is 87.1 Å². The van der Waals surface area contributed by atoms with Crippen molar-refractivity contribution in [2.24, 2.45) is 21.9 Å². The van der Waals surface area contributed by atoms with E-state index in [2.05, 4.69) is 16.9 Å². The van der Waals surface area contributed by atoms with Crippen LogP contribution in [0.3, 0.4) is 0 Å². The van der Waals surface area contributed by atoms with Crippen molar-refractivity contribution < 1.29 is 29.3 Å². The van der Waals surface area contributed by atoms with Gasteiger partial charge in [-0.25, -0.2) is 4.98 Å². The number of aliphatic hydroxyl groups excluding tert-OH is 1. The summed E-state index contributed by atoms with van der Waals surface area (Å²) in [6, 6.07) is 7.50. The second kappa shape index (κ2) is 18.1. The molecule has 8 N–H and O–H groups in total. The first-order chi connectivity index (χ1) is 23.4. The lowest BCUT2D eigenvalue weighted by Crippen LogP contribution is -2.31. The third-order valence-electron chi connectivity index (χ3n) is 9.70. The predicted molar refractivity (Wildman–Crippen MR) is 190 cm³/mol. The number of amides is 1. The number of anilines is 1. The van der Waals surface area contributed by atoms with Gasteiger partial charge in [-0.15, -0.1) is 0 Å².